The molecule has 0 spiro atoms. The Morgan fingerprint density at radius 2 is 1.45 bits per heavy atom. The lowest BCUT2D eigenvalue weighted by Crippen LogP contribution is -2.29. The maximum absolute atomic E-state index is 9.45. The van der Waals surface area contributed by atoms with Crippen molar-refractivity contribution in [2.45, 2.75) is 51.0 Å². The first kappa shape index (κ1) is 7.60. The zero-order chi connectivity index (χ0) is 7.68. The van der Waals surface area contributed by atoms with Crippen LogP contribution in [0.5, 0.6) is 0 Å². The van der Waals surface area contributed by atoms with Crippen LogP contribution in [0.25, 0.3) is 0 Å². The topological polar surface area (TPSA) is 20.2 Å². The average Bonchev–Trinajstić information content (AvgIpc) is 1.83. The lowest BCUT2D eigenvalue weighted by Gasteiger charge is -2.37. The van der Waals surface area contributed by atoms with E-state index in [-0.39, 0.29) is 6.10 Å². The molecule has 64 valence electrons. The lowest BCUT2D eigenvalue weighted by atomic mass is 9.69. The van der Waals surface area contributed by atoms with Gasteiger partial charge < -0.3 is 5.11 Å². The molecule has 0 aromatic carbocycles. The molecule has 11 heavy (non-hydrogen) atoms. The second-order valence-electron chi connectivity index (χ2n) is 4.27. The van der Waals surface area contributed by atoms with E-state index in [1.807, 2.05) is 0 Å². The maximum Gasteiger partial charge on any atom is 0.0543 e. The van der Waals surface area contributed by atoms with E-state index < -0.39 is 0 Å². The van der Waals surface area contributed by atoms with Crippen LogP contribution < -0.4 is 0 Å². The first-order chi connectivity index (χ1) is 5.36. The maximum atomic E-state index is 9.45. The third-order valence-electron chi connectivity index (χ3n) is 3.50. The normalized spacial score (nSPS) is 40.1. The summed E-state index contributed by atoms with van der Waals surface area (Å²) in [7, 11) is 0. The van der Waals surface area contributed by atoms with Crippen molar-refractivity contribution in [3.63, 3.8) is 0 Å². The highest BCUT2D eigenvalue weighted by atomic mass is 16.3. The van der Waals surface area contributed by atoms with E-state index in [4.69, 9.17) is 0 Å². The van der Waals surface area contributed by atoms with Crippen molar-refractivity contribution in [3.8, 4) is 0 Å². The second-order valence-corrected chi connectivity index (χ2v) is 4.27. The first-order valence-electron chi connectivity index (χ1n) is 5.04. The molecule has 0 bridgehead atoms. The smallest absolute Gasteiger partial charge is 0.0543 e. The van der Waals surface area contributed by atoms with Crippen molar-refractivity contribution >= 4 is 0 Å². The standard InChI is InChI=1S/C10H18O/c11-10-6-2-5-9(7-10)8-3-1-4-8/h8-11H,1-7H2. The Balaban J connectivity index is 1.82. The number of aliphatic hydroxyl groups excluding tert-OH is 1. The highest BCUT2D eigenvalue weighted by Crippen LogP contribution is 2.40. The molecule has 2 atom stereocenters. The number of hydrogen-bond acceptors (Lipinski definition) is 1. The molecule has 0 saturated heterocycles. The van der Waals surface area contributed by atoms with Gasteiger partial charge in [-0.1, -0.05) is 25.7 Å². The summed E-state index contributed by atoms with van der Waals surface area (Å²) >= 11 is 0. The van der Waals surface area contributed by atoms with Crippen molar-refractivity contribution < 1.29 is 5.11 Å². The Kier molecular flexibility index (Phi) is 2.17. The average molecular weight is 154 g/mol. The second kappa shape index (κ2) is 3.14. The van der Waals surface area contributed by atoms with Gasteiger partial charge in [-0.3, -0.25) is 0 Å². The first-order valence-corrected chi connectivity index (χ1v) is 5.04. The lowest BCUT2D eigenvalue weighted by molar-refractivity contribution is 0.0585. The van der Waals surface area contributed by atoms with E-state index in [0.717, 1.165) is 24.7 Å². The van der Waals surface area contributed by atoms with Crippen LogP contribution in [0.1, 0.15) is 44.9 Å². The van der Waals surface area contributed by atoms with Crippen LogP contribution in [0.15, 0.2) is 0 Å². The van der Waals surface area contributed by atoms with E-state index in [1.165, 1.54) is 32.1 Å². The van der Waals surface area contributed by atoms with Crippen molar-refractivity contribution in [1.82, 2.24) is 0 Å². The fourth-order valence-corrected chi connectivity index (χ4v) is 2.54. The summed E-state index contributed by atoms with van der Waals surface area (Å²) in [6, 6.07) is 0. The quantitative estimate of drug-likeness (QED) is 0.614. The molecular formula is C10H18O. The Bertz CT molecular complexity index is 129. The summed E-state index contributed by atoms with van der Waals surface area (Å²) in [6.07, 6.45) is 9.18. The highest BCUT2D eigenvalue weighted by Gasteiger charge is 2.30. The van der Waals surface area contributed by atoms with Gasteiger partial charge in [0.05, 0.1) is 6.10 Å². The molecule has 2 saturated carbocycles. The van der Waals surface area contributed by atoms with Crippen LogP contribution >= 0.6 is 0 Å². The minimum atomic E-state index is 0.0364. The van der Waals surface area contributed by atoms with E-state index in [2.05, 4.69) is 0 Å². The molecule has 2 aliphatic carbocycles. The molecule has 0 aromatic rings. The monoisotopic (exact) mass is 154 g/mol. The largest absolute Gasteiger partial charge is 0.393 e. The van der Waals surface area contributed by atoms with E-state index in [1.54, 1.807) is 0 Å². The third kappa shape index (κ3) is 1.58. The molecule has 0 amide bonds. The molecule has 0 aliphatic heterocycles. The van der Waals surface area contributed by atoms with Gasteiger partial charge in [0, 0.05) is 0 Å². The van der Waals surface area contributed by atoms with Crippen molar-refractivity contribution in [3.05, 3.63) is 0 Å². The predicted molar refractivity (Wildman–Crippen MR) is 45.3 cm³/mol. The zero-order valence-electron chi connectivity index (χ0n) is 7.13. The van der Waals surface area contributed by atoms with Crippen LogP contribution in [-0.2, 0) is 0 Å². The van der Waals surface area contributed by atoms with Crippen LogP contribution in [0.4, 0.5) is 0 Å². The minimum Gasteiger partial charge on any atom is -0.393 e. The fraction of sp³-hybridized carbons (Fsp3) is 1.00. The summed E-state index contributed by atoms with van der Waals surface area (Å²) in [6.45, 7) is 0. The SMILES string of the molecule is OC1CCCC(C2CCC2)C1. The van der Waals surface area contributed by atoms with Crippen LogP contribution in [-0.4, -0.2) is 11.2 Å². The van der Waals surface area contributed by atoms with Crippen LogP contribution in [0.3, 0.4) is 0 Å². The summed E-state index contributed by atoms with van der Waals surface area (Å²) in [5.74, 6) is 1.87. The molecule has 0 heterocycles. The van der Waals surface area contributed by atoms with Gasteiger partial charge in [-0.15, -0.1) is 0 Å². The van der Waals surface area contributed by atoms with Gasteiger partial charge in [0.25, 0.3) is 0 Å². The zero-order valence-corrected chi connectivity index (χ0v) is 7.13. The van der Waals surface area contributed by atoms with E-state index >= 15 is 0 Å². The minimum absolute atomic E-state index is 0.0364. The van der Waals surface area contributed by atoms with Gasteiger partial charge in [0.15, 0.2) is 0 Å². The Morgan fingerprint density at radius 3 is 2.00 bits per heavy atom. The van der Waals surface area contributed by atoms with Gasteiger partial charge in [-0.2, -0.15) is 0 Å². The Labute approximate surface area is 68.8 Å². The third-order valence-corrected chi connectivity index (χ3v) is 3.50. The van der Waals surface area contributed by atoms with E-state index in [0.29, 0.717) is 0 Å². The Hall–Kier alpha value is -0.0400. The molecule has 1 N–H and O–H groups in total. The van der Waals surface area contributed by atoms with Gasteiger partial charge in [0.2, 0.25) is 0 Å². The van der Waals surface area contributed by atoms with Gasteiger partial charge in [0.1, 0.15) is 0 Å². The number of rotatable bonds is 1. The van der Waals surface area contributed by atoms with Gasteiger partial charge in [-0.25, -0.2) is 0 Å². The molecule has 0 radical (unpaired) electrons. The van der Waals surface area contributed by atoms with Crippen molar-refractivity contribution in [1.29, 1.82) is 0 Å². The van der Waals surface area contributed by atoms with Gasteiger partial charge >= 0.3 is 0 Å². The molecule has 1 heteroatoms. The van der Waals surface area contributed by atoms with Crippen molar-refractivity contribution in [2.75, 3.05) is 0 Å². The highest BCUT2D eigenvalue weighted by molar-refractivity contribution is 4.82. The van der Waals surface area contributed by atoms with Crippen LogP contribution in [0, 0.1) is 11.8 Å². The molecule has 2 rings (SSSR count). The predicted octanol–water partition coefficient (Wildman–Crippen LogP) is 2.34. The summed E-state index contributed by atoms with van der Waals surface area (Å²) in [5, 5.41) is 9.45. The molecule has 0 aromatic heterocycles. The summed E-state index contributed by atoms with van der Waals surface area (Å²) in [4.78, 5) is 0. The van der Waals surface area contributed by atoms with Crippen LogP contribution in [0.2, 0.25) is 0 Å². The molecule has 2 fully saturated rings. The fourth-order valence-electron chi connectivity index (χ4n) is 2.54. The summed E-state index contributed by atoms with van der Waals surface area (Å²) < 4.78 is 0. The molecular weight excluding hydrogens is 136 g/mol. The van der Waals surface area contributed by atoms with Gasteiger partial charge in [-0.05, 0) is 31.1 Å². The van der Waals surface area contributed by atoms with E-state index in [9.17, 15) is 5.11 Å². The molecule has 2 aliphatic rings. The number of hydrogen-bond donors (Lipinski definition) is 1. The summed E-state index contributed by atoms with van der Waals surface area (Å²) in [5.41, 5.74) is 0. The molecule has 2 unspecified atom stereocenters. The number of aliphatic hydroxyl groups is 1. The Morgan fingerprint density at radius 1 is 0.818 bits per heavy atom. The van der Waals surface area contributed by atoms with Crippen molar-refractivity contribution in [2.24, 2.45) is 11.8 Å². The molecule has 1 nitrogen and oxygen atoms in total.